The van der Waals surface area contributed by atoms with Crippen molar-refractivity contribution in [1.82, 2.24) is 0 Å². The lowest BCUT2D eigenvalue weighted by Crippen LogP contribution is -2.73. The summed E-state index contributed by atoms with van der Waals surface area (Å²) in [4.78, 5) is 37.8. The number of aliphatic hydroxyl groups is 6. The Kier molecular flexibility index (Phi) is 8.64. The molecule has 0 heterocycles. The van der Waals surface area contributed by atoms with Crippen LogP contribution < -0.4 is 0 Å². The molecule has 12 heteroatoms. The van der Waals surface area contributed by atoms with Crippen LogP contribution in [-0.2, 0) is 23.8 Å². The van der Waals surface area contributed by atoms with Crippen LogP contribution in [0.5, 0.6) is 0 Å². The lowest BCUT2D eigenvalue weighted by atomic mass is 9.51. The highest BCUT2D eigenvalue weighted by molar-refractivity contribution is 5.89. The van der Waals surface area contributed by atoms with Gasteiger partial charge in [-0.1, -0.05) is 25.1 Å². The molecule has 4 rings (SSSR count). The molecule has 0 saturated heterocycles. The predicted octanol–water partition coefficient (Wildman–Crippen LogP) is 0.399. The molecule has 10 atom stereocenters. The van der Waals surface area contributed by atoms with Crippen molar-refractivity contribution in [3.8, 4) is 0 Å². The average Bonchev–Trinajstić information content (AvgIpc) is 3.17. The van der Waals surface area contributed by atoms with E-state index in [2.05, 4.69) is 0 Å². The Balaban J connectivity index is 2.08. The third-order valence-electron chi connectivity index (χ3n) is 10.0. The van der Waals surface area contributed by atoms with Crippen LogP contribution >= 0.6 is 0 Å². The minimum absolute atomic E-state index is 0.00705. The van der Waals surface area contributed by atoms with Crippen molar-refractivity contribution in [2.75, 3.05) is 6.61 Å². The molecule has 0 aliphatic heterocycles. The standard InChI is InChI=1S/C31H42O12/c1-15-19(34)13-30(28(4,5)39)22(15)23(36)26(43-27(38)18-10-8-7-9-11-18)29(6)21(42-17(3)33)12-20(35)31(40,14-41-16(2)32)24(29)25(30)37/h7-11,19-21,23-26,34-37,39-40H,12-14H2,1-6H3/t19-,20-,21-,23+,24-,25+,26-,29+,30-,31+/m0/s1. The van der Waals surface area contributed by atoms with Gasteiger partial charge in [0.05, 0.1) is 40.3 Å². The zero-order valence-corrected chi connectivity index (χ0v) is 25.2. The van der Waals surface area contributed by atoms with E-state index in [1.165, 1.54) is 39.8 Å². The van der Waals surface area contributed by atoms with Crippen molar-refractivity contribution in [1.29, 1.82) is 0 Å². The van der Waals surface area contributed by atoms with Gasteiger partial charge in [-0.15, -0.1) is 0 Å². The van der Waals surface area contributed by atoms with Crippen LogP contribution in [0, 0.1) is 16.7 Å². The Morgan fingerprint density at radius 3 is 2.14 bits per heavy atom. The van der Waals surface area contributed by atoms with E-state index in [4.69, 9.17) is 14.2 Å². The molecule has 0 bridgehead atoms. The van der Waals surface area contributed by atoms with E-state index < -0.39 is 95.5 Å². The van der Waals surface area contributed by atoms with E-state index in [0.29, 0.717) is 0 Å². The number of ether oxygens (including phenoxy) is 3. The predicted molar refractivity (Wildman–Crippen MR) is 149 cm³/mol. The topological polar surface area (TPSA) is 200 Å². The molecule has 3 aliphatic rings. The summed E-state index contributed by atoms with van der Waals surface area (Å²) in [5, 5.41) is 71.1. The van der Waals surface area contributed by atoms with E-state index in [1.54, 1.807) is 18.2 Å². The van der Waals surface area contributed by atoms with Gasteiger partial charge in [0, 0.05) is 26.2 Å². The molecule has 2 fully saturated rings. The maximum absolute atomic E-state index is 13.6. The first-order valence-corrected chi connectivity index (χ1v) is 14.3. The summed E-state index contributed by atoms with van der Waals surface area (Å²) < 4.78 is 16.8. The Bertz CT molecular complexity index is 1290. The highest BCUT2D eigenvalue weighted by atomic mass is 16.6. The number of aliphatic hydroxyl groups excluding tert-OH is 4. The molecule has 0 radical (unpaired) electrons. The molecule has 3 aliphatic carbocycles. The highest BCUT2D eigenvalue weighted by Crippen LogP contribution is 2.65. The van der Waals surface area contributed by atoms with E-state index in [1.807, 2.05) is 0 Å². The summed E-state index contributed by atoms with van der Waals surface area (Å²) >= 11 is 0. The molecule has 6 N–H and O–H groups in total. The summed E-state index contributed by atoms with van der Waals surface area (Å²) in [6, 6.07) is 7.85. The number of hydrogen-bond acceptors (Lipinski definition) is 12. The largest absolute Gasteiger partial charge is 0.463 e. The number of hydrogen-bond donors (Lipinski definition) is 6. The maximum Gasteiger partial charge on any atom is 0.338 e. The molecule has 0 spiro atoms. The summed E-state index contributed by atoms with van der Waals surface area (Å²) in [5.74, 6) is -4.16. The first-order valence-electron chi connectivity index (χ1n) is 14.3. The number of rotatable bonds is 6. The summed E-state index contributed by atoms with van der Waals surface area (Å²) in [7, 11) is 0. The van der Waals surface area contributed by atoms with Gasteiger partial charge in [0.1, 0.15) is 30.5 Å². The minimum atomic E-state index is -2.47. The van der Waals surface area contributed by atoms with Crippen molar-refractivity contribution in [3.63, 3.8) is 0 Å². The Morgan fingerprint density at radius 2 is 1.60 bits per heavy atom. The summed E-state index contributed by atoms with van der Waals surface area (Å²) in [6.45, 7) is 7.08. The summed E-state index contributed by atoms with van der Waals surface area (Å²) in [6.07, 6.45) is -10.5. The van der Waals surface area contributed by atoms with Gasteiger partial charge in [0.25, 0.3) is 0 Å². The third-order valence-corrected chi connectivity index (χ3v) is 10.0. The fourth-order valence-electron chi connectivity index (χ4n) is 7.90. The molecule has 0 unspecified atom stereocenters. The zero-order chi connectivity index (χ0) is 32.3. The van der Waals surface area contributed by atoms with Crippen molar-refractivity contribution >= 4 is 17.9 Å². The third kappa shape index (κ3) is 5.07. The van der Waals surface area contributed by atoms with Gasteiger partial charge in [-0.05, 0) is 50.5 Å². The van der Waals surface area contributed by atoms with Gasteiger partial charge in [-0.25, -0.2) is 4.79 Å². The minimum Gasteiger partial charge on any atom is -0.463 e. The van der Waals surface area contributed by atoms with E-state index in [-0.39, 0.29) is 23.1 Å². The lowest BCUT2D eigenvalue weighted by Gasteiger charge is -2.60. The Labute approximate surface area is 249 Å². The molecular formula is C31H42O12. The van der Waals surface area contributed by atoms with Crippen LogP contribution in [0.4, 0.5) is 0 Å². The van der Waals surface area contributed by atoms with Crippen molar-refractivity contribution in [2.24, 2.45) is 16.7 Å². The van der Waals surface area contributed by atoms with Crippen LogP contribution in [0.3, 0.4) is 0 Å². The normalized spacial score (nSPS) is 39.3. The molecule has 43 heavy (non-hydrogen) atoms. The van der Waals surface area contributed by atoms with Crippen LogP contribution in [-0.4, -0.2) is 103 Å². The molecule has 12 nitrogen and oxygen atoms in total. The first kappa shape index (κ1) is 33.0. The van der Waals surface area contributed by atoms with E-state index in [0.717, 1.165) is 13.8 Å². The van der Waals surface area contributed by atoms with Crippen molar-refractivity contribution in [2.45, 2.75) is 102 Å². The van der Waals surface area contributed by atoms with Crippen LogP contribution in [0.2, 0.25) is 0 Å². The van der Waals surface area contributed by atoms with Gasteiger partial charge in [0.15, 0.2) is 0 Å². The lowest BCUT2D eigenvalue weighted by molar-refractivity contribution is -0.288. The monoisotopic (exact) mass is 606 g/mol. The van der Waals surface area contributed by atoms with Gasteiger partial charge in [-0.2, -0.15) is 0 Å². The van der Waals surface area contributed by atoms with Crippen molar-refractivity contribution < 1.29 is 59.2 Å². The SMILES string of the molecule is CC(=O)OC[C@]1(O)[C@H]2[C@@H](O)[C@]3(C(C)(C)O)C[C@H](O)C(C)=C3[C@@H](O)[C@H](OC(=O)c3ccccc3)[C@]2(C)[C@@H](OC(C)=O)C[C@@H]1O. The second-order valence-corrected chi connectivity index (χ2v) is 12.9. The Hall–Kier alpha value is -2.87. The molecule has 238 valence electrons. The average molecular weight is 607 g/mol. The number of benzene rings is 1. The zero-order valence-electron chi connectivity index (χ0n) is 25.2. The highest BCUT2D eigenvalue weighted by Gasteiger charge is 2.75. The fourth-order valence-corrected chi connectivity index (χ4v) is 7.90. The molecule has 1 aromatic rings. The van der Waals surface area contributed by atoms with Gasteiger partial charge >= 0.3 is 17.9 Å². The molecule has 0 amide bonds. The quantitative estimate of drug-likeness (QED) is 0.148. The number of fused-ring (bicyclic) bond motifs is 2. The van der Waals surface area contributed by atoms with E-state index >= 15 is 0 Å². The number of carbonyl (C=O) groups excluding carboxylic acids is 3. The van der Waals surface area contributed by atoms with Crippen LogP contribution in [0.1, 0.15) is 64.7 Å². The van der Waals surface area contributed by atoms with Gasteiger partial charge < -0.3 is 44.8 Å². The van der Waals surface area contributed by atoms with Gasteiger partial charge in [0.2, 0.25) is 0 Å². The fraction of sp³-hybridized carbons (Fsp3) is 0.645. The second kappa shape index (κ2) is 11.2. The number of carbonyl (C=O) groups is 3. The maximum atomic E-state index is 13.6. The summed E-state index contributed by atoms with van der Waals surface area (Å²) in [5.41, 5.74) is -7.79. The van der Waals surface area contributed by atoms with Crippen LogP contribution in [0.25, 0.3) is 0 Å². The van der Waals surface area contributed by atoms with Crippen molar-refractivity contribution in [3.05, 3.63) is 47.0 Å². The molecule has 1 aromatic carbocycles. The molecular weight excluding hydrogens is 564 g/mol. The molecule has 0 aromatic heterocycles. The second-order valence-electron chi connectivity index (χ2n) is 12.9. The first-order chi connectivity index (χ1) is 19.8. The smallest absolute Gasteiger partial charge is 0.338 e. The van der Waals surface area contributed by atoms with Gasteiger partial charge in [-0.3, -0.25) is 9.59 Å². The number of esters is 3. The Morgan fingerprint density at radius 1 is 1.00 bits per heavy atom. The van der Waals surface area contributed by atoms with Crippen LogP contribution in [0.15, 0.2) is 41.5 Å². The van der Waals surface area contributed by atoms with E-state index in [9.17, 15) is 45.0 Å². The molecule has 2 saturated carbocycles.